The number of ether oxygens (including phenoxy) is 2. The Hall–Kier alpha value is -4.91. The molecule has 0 amide bonds. The Morgan fingerprint density at radius 3 is 2.40 bits per heavy atom. The van der Waals surface area contributed by atoms with Crippen molar-refractivity contribution in [3.63, 3.8) is 0 Å². The van der Waals surface area contributed by atoms with Crippen LogP contribution in [0.3, 0.4) is 0 Å². The summed E-state index contributed by atoms with van der Waals surface area (Å²) in [5, 5.41) is 14.3. The highest BCUT2D eigenvalue weighted by Crippen LogP contribution is 2.30. The van der Waals surface area contributed by atoms with Crippen LogP contribution in [-0.4, -0.2) is 59.5 Å². The minimum atomic E-state index is -0.731. The number of aromatic nitrogens is 8. The number of carbonyl (C=O) groups excluding carboxylic acids is 1. The van der Waals surface area contributed by atoms with Gasteiger partial charge in [0.15, 0.2) is 17.0 Å². The van der Waals surface area contributed by atoms with Gasteiger partial charge in [0, 0.05) is 25.6 Å². The minimum Gasteiger partial charge on any atom is -0.468 e. The molecule has 13 nitrogen and oxygen atoms in total. The summed E-state index contributed by atoms with van der Waals surface area (Å²) < 4.78 is 14.3. The second-order valence-electron chi connectivity index (χ2n) is 10.2. The van der Waals surface area contributed by atoms with Crippen LogP contribution in [0.4, 0.5) is 0 Å². The minimum absolute atomic E-state index is 0.225. The average molecular weight is 587 g/mol. The van der Waals surface area contributed by atoms with Crippen LogP contribution in [0.25, 0.3) is 33.7 Å². The van der Waals surface area contributed by atoms with Crippen molar-refractivity contribution in [3.8, 4) is 22.5 Å². The van der Waals surface area contributed by atoms with Crippen LogP contribution in [0, 0.1) is 0 Å². The highest BCUT2D eigenvalue weighted by atomic mass is 16.5. The number of hydrogen-bond donors (Lipinski definition) is 1. The molecule has 3 heterocycles. The molecule has 13 heteroatoms. The lowest BCUT2D eigenvalue weighted by molar-refractivity contribution is -0.141. The SMILES string of the molecule is CCCCCc1nc2c(c(=O)n(CC(=O)OC)c(=O)n2C(C)OC)n1Cc1ccc(-c2ccccc2-c2nnn[nH]2)cc1. The highest BCUT2D eigenvalue weighted by molar-refractivity contribution is 5.80. The van der Waals surface area contributed by atoms with Crippen molar-refractivity contribution in [2.45, 2.75) is 58.8 Å². The fourth-order valence-corrected chi connectivity index (χ4v) is 5.15. The third kappa shape index (κ3) is 5.89. The van der Waals surface area contributed by atoms with Gasteiger partial charge in [-0.3, -0.25) is 9.59 Å². The number of nitrogens with one attached hydrogen (secondary N) is 1. The summed E-state index contributed by atoms with van der Waals surface area (Å²) in [6.45, 7) is 3.62. The fraction of sp³-hybridized carbons (Fsp3) is 0.367. The van der Waals surface area contributed by atoms with Gasteiger partial charge < -0.3 is 14.0 Å². The van der Waals surface area contributed by atoms with E-state index in [0.29, 0.717) is 24.6 Å². The van der Waals surface area contributed by atoms with Crippen LogP contribution < -0.4 is 11.2 Å². The predicted molar refractivity (Wildman–Crippen MR) is 159 cm³/mol. The number of rotatable bonds is 12. The molecule has 1 atom stereocenters. The van der Waals surface area contributed by atoms with Gasteiger partial charge in [0.25, 0.3) is 5.56 Å². The number of imidazole rings is 1. The predicted octanol–water partition coefficient (Wildman–Crippen LogP) is 3.33. The topological polar surface area (TPSA) is 152 Å². The number of esters is 1. The summed E-state index contributed by atoms with van der Waals surface area (Å²) >= 11 is 0. The molecule has 2 aromatic carbocycles. The zero-order valence-electron chi connectivity index (χ0n) is 24.6. The number of hydrogen-bond acceptors (Lipinski definition) is 9. The molecule has 0 bridgehead atoms. The molecular formula is C30H34N8O5. The van der Waals surface area contributed by atoms with Crippen molar-refractivity contribution in [3.05, 3.63) is 80.8 Å². The summed E-state index contributed by atoms with van der Waals surface area (Å²) in [7, 11) is 2.68. The lowest BCUT2D eigenvalue weighted by atomic mass is 9.98. The number of nitrogens with zero attached hydrogens (tertiary/aromatic N) is 7. The second kappa shape index (κ2) is 12.9. The molecule has 0 fully saturated rings. The molecule has 0 saturated carbocycles. The number of carbonyl (C=O) groups is 1. The highest BCUT2D eigenvalue weighted by Gasteiger charge is 2.25. The number of methoxy groups -OCH3 is 2. The number of H-pyrrole nitrogens is 1. The molecule has 43 heavy (non-hydrogen) atoms. The maximum absolute atomic E-state index is 13.8. The lowest BCUT2D eigenvalue weighted by Crippen LogP contribution is -2.43. The number of aromatic amines is 1. The van der Waals surface area contributed by atoms with Gasteiger partial charge in [-0.25, -0.2) is 24.0 Å². The van der Waals surface area contributed by atoms with E-state index in [1.165, 1.54) is 18.8 Å². The van der Waals surface area contributed by atoms with Crippen molar-refractivity contribution in [1.29, 1.82) is 0 Å². The molecule has 0 saturated heterocycles. The van der Waals surface area contributed by atoms with Gasteiger partial charge in [0.1, 0.15) is 18.6 Å². The molecule has 5 aromatic rings. The number of aryl methyl sites for hydroxylation is 1. The average Bonchev–Trinajstić information content (AvgIpc) is 3.68. The number of tetrazole rings is 1. The van der Waals surface area contributed by atoms with E-state index in [1.807, 2.05) is 53.1 Å². The van der Waals surface area contributed by atoms with Crippen LogP contribution in [-0.2, 0) is 33.8 Å². The Kier molecular flexibility index (Phi) is 8.90. The summed E-state index contributed by atoms with van der Waals surface area (Å²) in [5.41, 5.74) is 2.89. The van der Waals surface area contributed by atoms with Gasteiger partial charge in [-0.15, -0.1) is 5.10 Å². The van der Waals surface area contributed by atoms with Crippen molar-refractivity contribution in [1.82, 2.24) is 39.3 Å². The quantitative estimate of drug-likeness (QED) is 0.171. The standard InChI is InChI=1S/C30H34N8O5/c1-5-6-7-12-24-31-28-26(29(40)37(18-25(39)43-4)30(41)38(28)19(2)42-3)36(24)17-20-13-15-21(16-14-20)22-10-8-9-11-23(22)27-32-34-35-33-27/h8-11,13-16,19H,5-7,12,17-18H2,1-4H3,(H,32,33,34,35). The van der Waals surface area contributed by atoms with Crippen LogP contribution in [0.1, 0.15) is 50.7 Å². The maximum Gasteiger partial charge on any atom is 0.335 e. The zero-order valence-corrected chi connectivity index (χ0v) is 24.6. The molecule has 1 N–H and O–H groups in total. The summed E-state index contributed by atoms with van der Waals surface area (Å²) in [6.07, 6.45) is 2.76. The largest absolute Gasteiger partial charge is 0.468 e. The Balaban J connectivity index is 1.62. The first kappa shape index (κ1) is 29.6. The van der Waals surface area contributed by atoms with E-state index in [2.05, 4.69) is 27.5 Å². The first-order valence-electron chi connectivity index (χ1n) is 14.1. The van der Waals surface area contributed by atoms with Gasteiger partial charge in [-0.2, -0.15) is 0 Å². The zero-order chi connectivity index (χ0) is 30.5. The molecule has 224 valence electrons. The number of benzene rings is 2. The van der Waals surface area contributed by atoms with Crippen LogP contribution in [0.15, 0.2) is 58.1 Å². The lowest BCUT2D eigenvalue weighted by Gasteiger charge is -2.16. The smallest absolute Gasteiger partial charge is 0.335 e. The third-order valence-electron chi connectivity index (χ3n) is 7.50. The van der Waals surface area contributed by atoms with Crippen molar-refractivity contribution >= 4 is 17.1 Å². The molecule has 5 rings (SSSR count). The third-order valence-corrected chi connectivity index (χ3v) is 7.50. The number of unbranched alkanes of at least 4 members (excludes halogenated alkanes) is 2. The van der Waals surface area contributed by atoms with Crippen molar-refractivity contribution in [2.75, 3.05) is 14.2 Å². The summed E-state index contributed by atoms with van der Waals surface area (Å²) in [5.74, 6) is 0.544. The van der Waals surface area contributed by atoms with E-state index in [1.54, 1.807) is 6.92 Å². The van der Waals surface area contributed by atoms with Gasteiger partial charge >= 0.3 is 11.7 Å². The first-order chi connectivity index (χ1) is 20.9. The molecule has 0 aliphatic carbocycles. The molecule has 0 spiro atoms. The van der Waals surface area contributed by atoms with Gasteiger partial charge in [-0.05, 0) is 40.5 Å². The van der Waals surface area contributed by atoms with E-state index < -0.39 is 30.0 Å². The normalized spacial score (nSPS) is 12.1. The van der Waals surface area contributed by atoms with Gasteiger partial charge in [0.2, 0.25) is 0 Å². The monoisotopic (exact) mass is 586 g/mol. The fourth-order valence-electron chi connectivity index (χ4n) is 5.15. The van der Waals surface area contributed by atoms with Crippen LogP contribution in [0.5, 0.6) is 0 Å². The Morgan fingerprint density at radius 2 is 1.74 bits per heavy atom. The van der Waals surface area contributed by atoms with Crippen molar-refractivity contribution in [2.24, 2.45) is 0 Å². The maximum atomic E-state index is 13.8. The second-order valence-corrected chi connectivity index (χ2v) is 10.2. The molecule has 1 unspecified atom stereocenters. The first-order valence-corrected chi connectivity index (χ1v) is 14.1. The molecule has 0 aliphatic heterocycles. The van der Waals surface area contributed by atoms with E-state index >= 15 is 0 Å². The molecule has 0 aliphatic rings. The molecule has 0 radical (unpaired) electrons. The van der Waals surface area contributed by atoms with Gasteiger partial charge in [0.05, 0.1) is 7.11 Å². The van der Waals surface area contributed by atoms with E-state index in [-0.39, 0.29) is 11.2 Å². The molecular weight excluding hydrogens is 552 g/mol. The Bertz CT molecular complexity index is 1840. The number of fused-ring (bicyclic) bond motifs is 1. The van der Waals surface area contributed by atoms with E-state index in [4.69, 9.17) is 14.5 Å². The molecule has 3 aromatic heterocycles. The Labute approximate surface area is 247 Å². The van der Waals surface area contributed by atoms with Crippen LogP contribution >= 0.6 is 0 Å². The van der Waals surface area contributed by atoms with E-state index in [9.17, 15) is 14.4 Å². The van der Waals surface area contributed by atoms with Crippen molar-refractivity contribution < 1.29 is 14.3 Å². The Morgan fingerprint density at radius 1 is 1.00 bits per heavy atom. The van der Waals surface area contributed by atoms with Gasteiger partial charge in [-0.1, -0.05) is 68.3 Å². The summed E-state index contributed by atoms with van der Waals surface area (Å²) in [4.78, 5) is 44.3. The van der Waals surface area contributed by atoms with E-state index in [0.717, 1.165) is 46.1 Å². The van der Waals surface area contributed by atoms with Crippen LogP contribution in [0.2, 0.25) is 0 Å². The summed E-state index contributed by atoms with van der Waals surface area (Å²) in [6, 6.07) is 15.8.